The summed E-state index contributed by atoms with van der Waals surface area (Å²) in [5.74, 6) is 1.47. The zero-order chi connectivity index (χ0) is 19.5. The van der Waals surface area contributed by atoms with Crippen LogP contribution in [0, 0.1) is 0 Å². The summed E-state index contributed by atoms with van der Waals surface area (Å²) in [4.78, 5) is 16.3. The molecule has 4 nitrogen and oxygen atoms in total. The highest BCUT2D eigenvalue weighted by molar-refractivity contribution is 7.09. The summed E-state index contributed by atoms with van der Waals surface area (Å²) >= 11 is 7.72. The van der Waals surface area contributed by atoms with E-state index in [-0.39, 0.29) is 5.91 Å². The first-order chi connectivity index (χ1) is 13.6. The van der Waals surface area contributed by atoms with Gasteiger partial charge in [-0.05, 0) is 41.3 Å². The molecule has 0 fully saturated rings. The third-order valence-electron chi connectivity index (χ3n) is 4.76. The van der Waals surface area contributed by atoms with Crippen molar-refractivity contribution in [1.82, 2.24) is 4.90 Å². The zero-order valence-corrected chi connectivity index (χ0v) is 17.0. The van der Waals surface area contributed by atoms with Crippen molar-refractivity contribution in [2.75, 3.05) is 7.11 Å². The largest absolute Gasteiger partial charge is 0.496 e. The molecule has 2 aromatic carbocycles. The number of amides is 1. The molecule has 0 radical (unpaired) electrons. The smallest absolute Gasteiger partial charge is 0.264 e. The van der Waals surface area contributed by atoms with E-state index in [2.05, 4.69) is 0 Å². The van der Waals surface area contributed by atoms with Gasteiger partial charge in [-0.2, -0.15) is 0 Å². The van der Waals surface area contributed by atoms with Gasteiger partial charge in [0.05, 0.1) is 13.7 Å². The Morgan fingerprint density at radius 2 is 2.07 bits per heavy atom. The average Bonchev–Trinajstić information content (AvgIpc) is 3.36. The first-order valence-corrected chi connectivity index (χ1v) is 10.3. The van der Waals surface area contributed by atoms with Crippen LogP contribution in [0.3, 0.4) is 0 Å². The van der Waals surface area contributed by atoms with E-state index in [9.17, 15) is 4.79 Å². The van der Waals surface area contributed by atoms with Crippen LogP contribution in [0.2, 0.25) is 5.02 Å². The molecule has 28 heavy (non-hydrogen) atoms. The second kappa shape index (κ2) is 8.25. The molecule has 0 saturated heterocycles. The number of para-hydroxylation sites is 1. The van der Waals surface area contributed by atoms with Gasteiger partial charge in [0.25, 0.3) is 5.91 Å². The minimum atomic E-state index is -0.539. The molecule has 4 rings (SSSR count). The first kappa shape index (κ1) is 18.8. The molecule has 144 valence electrons. The van der Waals surface area contributed by atoms with Crippen molar-refractivity contribution in [3.63, 3.8) is 0 Å². The predicted octanol–water partition coefficient (Wildman–Crippen LogP) is 4.94. The Balaban J connectivity index is 1.57. The van der Waals surface area contributed by atoms with Crippen molar-refractivity contribution in [1.29, 1.82) is 0 Å². The molecule has 3 aromatic rings. The Kier molecular flexibility index (Phi) is 5.55. The highest BCUT2D eigenvalue weighted by Crippen LogP contribution is 2.32. The molecular weight excluding hydrogens is 394 g/mol. The maximum Gasteiger partial charge on any atom is 0.264 e. The van der Waals surface area contributed by atoms with E-state index in [1.165, 1.54) is 0 Å². The van der Waals surface area contributed by atoms with E-state index >= 15 is 0 Å². The van der Waals surface area contributed by atoms with E-state index in [0.29, 0.717) is 24.5 Å². The van der Waals surface area contributed by atoms with Crippen LogP contribution in [0.15, 0.2) is 60.0 Å². The lowest BCUT2D eigenvalue weighted by Crippen LogP contribution is -2.40. The fourth-order valence-corrected chi connectivity index (χ4v) is 4.31. The highest BCUT2D eigenvalue weighted by atomic mass is 35.5. The summed E-state index contributed by atoms with van der Waals surface area (Å²) in [5, 5.41) is 2.67. The molecular formula is C22H20ClNO3S. The number of rotatable bonds is 6. The standard InChI is InChI=1S/C22H20ClNO3S/c1-26-19-7-3-2-5-15(19)13-24(14-18-6-4-10-28-18)22(25)21-12-16-11-17(23)8-9-20(16)27-21/h2-11,21H,12-14H2,1H3. The van der Waals surface area contributed by atoms with Crippen LogP contribution in [0.4, 0.5) is 0 Å². The molecule has 0 spiro atoms. The summed E-state index contributed by atoms with van der Waals surface area (Å²) in [5.41, 5.74) is 1.94. The molecule has 2 heterocycles. The minimum absolute atomic E-state index is 0.0355. The zero-order valence-electron chi connectivity index (χ0n) is 15.4. The third kappa shape index (κ3) is 4.01. The first-order valence-electron chi connectivity index (χ1n) is 9.02. The number of halogens is 1. The summed E-state index contributed by atoms with van der Waals surface area (Å²) in [6.45, 7) is 0.989. The van der Waals surface area contributed by atoms with Gasteiger partial charge in [0.1, 0.15) is 11.5 Å². The van der Waals surface area contributed by atoms with Crippen molar-refractivity contribution >= 4 is 28.8 Å². The van der Waals surface area contributed by atoms with Crippen LogP contribution in [-0.4, -0.2) is 24.0 Å². The van der Waals surface area contributed by atoms with Gasteiger partial charge in [-0.1, -0.05) is 35.9 Å². The van der Waals surface area contributed by atoms with E-state index in [1.54, 1.807) is 24.5 Å². The van der Waals surface area contributed by atoms with Gasteiger partial charge in [-0.15, -0.1) is 11.3 Å². The van der Waals surface area contributed by atoms with Crippen molar-refractivity contribution in [3.8, 4) is 11.5 Å². The maximum absolute atomic E-state index is 13.4. The van der Waals surface area contributed by atoms with Gasteiger partial charge in [0.2, 0.25) is 0 Å². The third-order valence-corrected chi connectivity index (χ3v) is 5.86. The van der Waals surface area contributed by atoms with Gasteiger partial charge in [-0.3, -0.25) is 4.79 Å². The second-order valence-electron chi connectivity index (χ2n) is 6.65. The topological polar surface area (TPSA) is 38.8 Å². The average molecular weight is 414 g/mol. The summed E-state index contributed by atoms with van der Waals surface area (Å²) in [6, 6.07) is 17.3. The number of carbonyl (C=O) groups is 1. The van der Waals surface area contributed by atoms with Crippen molar-refractivity contribution < 1.29 is 14.3 Å². The number of hydrogen-bond donors (Lipinski definition) is 0. The van der Waals surface area contributed by atoms with Gasteiger partial charge in [0.15, 0.2) is 6.10 Å². The Bertz CT molecular complexity index is 974. The van der Waals surface area contributed by atoms with Gasteiger partial charge in [0, 0.05) is 28.4 Å². The van der Waals surface area contributed by atoms with E-state index in [0.717, 1.165) is 27.5 Å². The second-order valence-corrected chi connectivity index (χ2v) is 8.12. The quantitative estimate of drug-likeness (QED) is 0.574. The Morgan fingerprint density at radius 3 is 2.86 bits per heavy atom. The van der Waals surface area contributed by atoms with Gasteiger partial charge < -0.3 is 14.4 Å². The maximum atomic E-state index is 13.4. The summed E-state index contributed by atoms with van der Waals surface area (Å²) in [6.07, 6.45) is -0.00941. The van der Waals surface area contributed by atoms with Crippen molar-refractivity contribution in [2.45, 2.75) is 25.6 Å². The molecule has 1 atom stereocenters. The fraction of sp³-hybridized carbons (Fsp3) is 0.227. The van der Waals surface area contributed by atoms with E-state index in [1.807, 2.05) is 58.8 Å². The molecule has 0 bridgehead atoms. The molecule has 1 aliphatic heterocycles. The van der Waals surface area contributed by atoms with E-state index in [4.69, 9.17) is 21.1 Å². The van der Waals surface area contributed by atoms with Crippen LogP contribution < -0.4 is 9.47 Å². The SMILES string of the molecule is COc1ccccc1CN(Cc1cccs1)C(=O)C1Cc2cc(Cl)ccc2O1. The molecule has 1 aliphatic rings. The lowest BCUT2D eigenvalue weighted by atomic mass is 10.1. The van der Waals surface area contributed by atoms with Crippen LogP contribution >= 0.6 is 22.9 Å². The number of benzene rings is 2. The van der Waals surface area contributed by atoms with Gasteiger partial charge >= 0.3 is 0 Å². The number of nitrogens with zero attached hydrogens (tertiary/aromatic N) is 1. The van der Waals surface area contributed by atoms with Crippen LogP contribution in [0.1, 0.15) is 16.0 Å². The monoisotopic (exact) mass is 413 g/mol. The Morgan fingerprint density at radius 1 is 1.21 bits per heavy atom. The number of thiophene rings is 1. The van der Waals surface area contributed by atoms with Crippen molar-refractivity contribution in [2.24, 2.45) is 0 Å². The summed E-state index contributed by atoms with van der Waals surface area (Å²) < 4.78 is 11.4. The fourth-order valence-electron chi connectivity index (χ4n) is 3.40. The normalized spacial score (nSPS) is 15.0. The number of ether oxygens (including phenoxy) is 2. The number of hydrogen-bond acceptors (Lipinski definition) is 4. The summed E-state index contributed by atoms with van der Waals surface area (Å²) in [7, 11) is 1.64. The van der Waals surface area contributed by atoms with Crippen molar-refractivity contribution in [3.05, 3.63) is 81.0 Å². The van der Waals surface area contributed by atoms with E-state index < -0.39 is 6.10 Å². The van der Waals surface area contributed by atoms with Gasteiger partial charge in [-0.25, -0.2) is 0 Å². The lowest BCUT2D eigenvalue weighted by molar-refractivity contribution is -0.139. The van der Waals surface area contributed by atoms with Crippen LogP contribution in [0.5, 0.6) is 11.5 Å². The minimum Gasteiger partial charge on any atom is -0.496 e. The number of carbonyl (C=O) groups excluding carboxylic acids is 1. The molecule has 1 unspecified atom stereocenters. The highest BCUT2D eigenvalue weighted by Gasteiger charge is 2.33. The molecule has 0 N–H and O–H groups in total. The Labute approximate surface area is 173 Å². The molecule has 0 aliphatic carbocycles. The molecule has 6 heteroatoms. The van der Waals surface area contributed by atoms with Crippen LogP contribution in [0.25, 0.3) is 0 Å². The number of fused-ring (bicyclic) bond motifs is 1. The lowest BCUT2D eigenvalue weighted by Gasteiger charge is -2.26. The predicted molar refractivity (Wildman–Crippen MR) is 111 cm³/mol. The molecule has 0 saturated carbocycles. The van der Waals surface area contributed by atoms with Crippen LogP contribution in [-0.2, 0) is 24.3 Å². The molecule has 1 amide bonds. The molecule has 1 aromatic heterocycles. The Hall–Kier alpha value is -2.50. The number of methoxy groups -OCH3 is 1.